The molecule has 1 unspecified atom stereocenters. The fourth-order valence-corrected chi connectivity index (χ4v) is 3.40. The Hall–Kier alpha value is -1.67. The van der Waals surface area contributed by atoms with E-state index in [2.05, 4.69) is 21.8 Å². The lowest BCUT2D eigenvalue weighted by Gasteiger charge is -2.38. The van der Waals surface area contributed by atoms with Gasteiger partial charge in [-0.05, 0) is 19.1 Å². The van der Waals surface area contributed by atoms with Crippen molar-refractivity contribution in [3.05, 3.63) is 40.5 Å². The van der Waals surface area contributed by atoms with Gasteiger partial charge in [-0.3, -0.25) is 4.90 Å². The van der Waals surface area contributed by atoms with Crippen LogP contribution in [0.25, 0.3) is 0 Å². The molecule has 0 saturated carbocycles. The zero-order valence-corrected chi connectivity index (χ0v) is 13.4. The molecule has 0 radical (unpaired) electrons. The summed E-state index contributed by atoms with van der Waals surface area (Å²) >= 11 is 1.64. The van der Waals surface area contributed by atoms with Crippen LogP contribution in [0.3, 0.4) is 0 Å². The predicted octanol–water partition coefficient (Wildman–Crippen LogP) is 3.44. The van der Waals surface area contributed by atoms with Crippen molar-refractivity contribution in [2.24, 2.45) is 0 Å². The van der Waals surface area contributed by atoms with E-state index >= 15 is 0 Å². The van der Waals surface area contributed by atoms with Gasteiger partial charge in [0.1, 0.15) is 10.8 Å². The summed E-state index contributed by atoms with van der Waals surface area (Å²) in [5.74, 6) is 0.597. The Labute approximate surface area is 136 Å². The van der Waals surface area contributed by atoms with Crippen molar-refractivity contribution in [1.29, 1.82) is 0 Å². The number of hydrogen-bond acceptors (Lipinski definition) is 5. The number of thiazole rings is 1. The van der Waals surface area contributed by atoms with E-state index in [1.165, 1.54) is 6.07 Å². The van der Waals surface area contributed by atoms with Gasteiger partial charge in [0, 0.05) is 44.0 Å². The molecule has 124 valence electrons. The fourth-order valence-electron chi connectivity index (χ4n) is 2.68. The van der Waals surface area contributed by atoms with Crippen LogP contribution in [0, 0.1) is 0 Å². The summed E-state index contributed by atoms with van der Waals surface area (Å²) in [4.78, 5) is 12.7. The Morgan fingerprint density at radius 2 is 1.87 bits per heavy atom. The topological polar surface area (TPSA) is 32.3 Å². The maximum atomic E-state index is 12.6. The number of anilines is 1. The SMILES string of the molecule is CC(c1nccs1)N1CCN(c2ccc(C(F)(F)F)cn2)CC1. The van der Waals surface area contributed by atoms with Gasteiger partial charge in [0.2, 0.25) is 0 Å². The molecule has 0 amide bonds. The molecule has 0 bridgehead atoms. The normalized spacial score (nSPS) is 18.2. The van der Waals surface area contributed by atoms with Crippen molar-refractivity contribution in [2.45, 2.75) is 19.1 Å². The van der Waals surface area contributed by atoms with Crippen LogP contribution in [-0.4, -0.2) is 41.0 Å². The highest BCUT2D eigenvalue weighted by atomic mass is 32.1. The minimum atomic E-state index is -4.34. The van der Waals surface area contributed by atoms with Crippen molar-refractivity contribution < 1.29 is 13.2 Å². The first-order chi connectivity index (χ1) is 10.9. The maximum Gasteiger partial charge on any atom is 0.417 e. The second-order valence-electron chi connectivity index (χ2n) is 5.47. The van der Waals surface area contributed by atoms with E-state index in [1.54, 1.807) is 17.5 Å². The molecule has 1 aliphatic rings. The number of alkyl halides is 3. The highest BCUT2D eigenvalue weighted by Crippen LogP contribution is 2.30. The minimum Gasteiger partial charge on any atom is -0.354 e. The van der Waals surface area contributed by atoms with E-state index < -0.39 is 11.7 Å². The largest absolute Gasteiger partial charge is 0.417 e. The second kappa shape index (κ2) is 6.45. The van der Waals surface area contributed by atoms with E-state index in [1.807, 2.05) is 10.3 Å². The van der Waals surface area contributed by atoms with Gasteiger partial charge in [-0.25, -0.2) is 9.97 Å². The number of rotatable bonds is 3. The van der Waals surface area contributed by atoms with Crippen molar-refractivity contribution in [3.63, 3.8) is 0 Å². The minimum absolute atomic E-state index is 0.262. The van der Waals surface area contributed by atoms with Crippen molar-refractivity contribution in [3.8, 4) is 0 Å². The van der Waals surface area contributed by atoms with Crippen LogP contribution < -0.4 is 4.90 Å². The highest BCUT2D eigenvalue weighted by molar-refractivity contribution is 7.09. The van der Waals surface area contributed by atoms with Crippen LogP contribution in [0.2, 0.25) is 0 Å². The number of piperazine rings is 1. The third-order valence-electron chi connectivity index (χ3n) is 4.07. The Balaban J connectivity index is 1.60. The average Bonchev–Trinajstić information content (AvgIpc) is 3.08. The molecule has 2 aromatic heterocycles. The molecule has 1 atom stereocenters. The van der Waals surface area contributed by atoms with Gasteiger partial charge in [-0.15, -0.1) is 11.3 Å². The Morgan fingerprint density at radius 1 is 1.13 bits per heavy atom. The first-order valence-electron chi connectivity index (χ1n) is 7.37. The van der Waals surface area contributed by atoms with Crippen molar-refractivity contribution in [2.75, 3.05) is 31.1 Å². The van der Waals surface area contributed by atoms with Crippen molar-refractivity contribution in [1.82, 2.24) is 14.9 Å². The monoisotopic (exact) mass is 342 g/mol. The van der Waals surface area contributed by atoms with E-state index in [9.17, 15) is 13.2 Å². The smallest absolute Gasteiger partial charge is 0.354 e. The van der Waals surface area contributed by atoms with E-state index in [0.717, 1.165) is 43.4 Å². The van der Waals surface area contributed by atoms with Crippen LogP contribution in [0.15, 0.2) is 29.9 Å². The van der Waals surface area contributed by atoms with Gasteiger partial charge in [-0.1, -0.05) is 0 Å². The molecule has 8 heteroatoms. The molecule has 1 fully saturated rings. The van der Waals surface area contributed by atoms with E-state index in [0.29, 0.717) is 5.82 Å². The third-order valence-corrected chi connectivity index (χ3v) is 5.02. The molecule has 0 aliphatic carbocycles. The summed E-state index contributed by atoms with van der Waals surface area (Å²) in [6.07, 6.45) is -1.63. The maximum absolute atomic E-state index is 12.6. The van der Waals surface area contributed by atoms with Crippen molar-refractivity contribution >= 4 is 17.2 Å². The summed E-state index contributed by atoms with van der Waals surface area (Å²) in [5.41, 5.74) is -0.711. The lowest BCUT2D eigenvalue weighted by atomic mass is 10.2. The number of aromatic nitrogens is 2. The first-order valence-corrected chi connectivity index (χ1v) is 8.25. The van der Waals surface area contributed by atoms with Gasteiger partial charge >= 0.3 is 6.18 Å². The molecule has 1 aliphatic heterocycles. The fraction of sp³-hybridized carbons (Fsp3) is 0.467. The molecule has 3 rings (SSSR count). The molecular formula is C15H17F3N4S. The third kappa shape index (κ3) is 3.64. The summed E-state index contributed by atoms with van der Waals surface area (Å²) in [5, 5.41) is 3.06. The van der Waals surface area contributed by atoms with Crippen LogP contribution in [0.5, 0.6) is 0 Å². The van der Waals surface area contributed by atoms with E-state index in [-0.39, 0.29) is 6.04 Å². The standard InChI is InChI=1S/C15H17F3N4S/c1-11(14-19-4-9-23-14)21-5-7-22(8-6-21)13-3-2-12(10-20-13)15(16,17)18/h2-4,9-11H,5-8H2,1H3. The number of hydrogen-bond donors (Lipinski definition) is 0. The molecule has 4 nitrogen and oxygen atoms in total. The predicted molar refractivity (Wildman–Crippen MR) is 83.6 cm³/mol. The summed E-state index contributed by atoms with van der Waals surface area (Å²) < 4.78 is 37.7. The highest BCUT2D eigenvalue weighted by Gasteiger charge is 2.31. The molecule has 1 saturated heterocycles. The van der Waals surface area contributed by atoms with Crippen LogP contribution in [0.1, 0.15) is 23.5 Å². The lowest BCUT2D eigenvalue weighted by Crippen LogP contribution is -2.47. The average molecular weight is 342 g/mol. The van der Waals surface area contributed by atoms with Gasteiger partial charge in [0.25, 0.3) is 0 Å². The Bertz CT molecular complexity index is 619. The number of pyridine rings is 1. The quantitative estimate of drug-likeness (QED) is 0.855. The molecule has 3 heterocycles. The Morgan fingerprint density at radius 3 is 2.39 bits per heavy atom. The molecule has 0 spiro atoms. The van der Waals surface area contributed by atoms with Crippen LogP contribution in [-0.2, 0) is 6.18 Å². The second-order valence-corrected chi connectivity index (χ2v) is 6.40. The van der Waals surface area contributed by atoms with Gasteiger partial charge < -0.3 is 4.90 Å². The molecule has 0 N–H and O–H groups in total. The van der Waals surface area contributed by atoms with Gasteiger partial charge in [0.15, 0.2) is 0 Å². The first kappa shape index (κ1) is 16.2. The molecular weight excluding hydrogens is 325 g/mol. The van der Waals surface area contributed by atoms with Gasteiger partial charge in [0.05, 0.1) is 11.6 Å². The number of halogens is 3. The molecule has 23 heavy (non-hydrogen) atoms. The molecule has 0 aromatic carbocycles. The summed E-state index contributed by atoms with van der Waals surface area (Å²) in [6.45, 7) is 5.29. The lowest BCUT2D eigenvalue weighted by molar-refractivity contribution is -0.137. The molecule has 2 aromatic rings. The zero-order chi connectivity index (χ0) is 16.4. The summed E-state index contributed by atoms with van der Waals surface area (Å²) in [7, 11) is 0. The van der Waals surface area contributed by atoms with Crippen LogP contribution >= 0.6 is 11.3 Å². The number of nitrogens with zero attached hydrogens (tertiary/aromatic N) is 4. The zero-order valence-electron chi connectivity index (χ0n) is 12.6. The van der Waals surface area contributed by atoms with Gasteiger partial charge in [-0.2, -0.15) is 13.2 Å². The van der Waals surface area contributed by atoms with Crippen LogP contribution in [0.4, 0.5) is 19.0 Å². The Kier molecular flexibility index (Phi) is 4.54. The summed E-state index contributed by atoms with van der Waals surface area (Å²) in [6, 6.07) is 2.80. The van der Waals surface area contributed by atoms with E-state index in [4.69, 9.17) is 0 Å².